The van der Waals surface area contributed by atoms with Crippen LogP contribution >= 0.6 is 46.4 Å². The lowest BCUT2D eigenvalue weighted by Gasteiger charge is -2.41. The van der Waals surface area contributed by atoms with Crippen molar-refractivity contribution in [3.05, 3.63) is 142 Å². The number of nitrogens with zero attached hydrogens (tertiary/aromatic N) is 16. The van der Waals surface area contributed by atoms with Crippen LogP contribution in [-0.2, 0) is 24.0 Å². The molecular weight excluding hydrogens is 1730 g/mol. The van der Waals surface area contributed by atoms with Crippen LogP contribution in [0.2, 0.25) is 20.1 Å². The molecule has 48 heteroatoms. The summed E-state index contributed by atoms with van der Waals surface area (Å²) in [5, 5.41) is 26.4. The van der Waals surface area contributed by atoms with Crippen molar-refractivity contribution in [3.8, 4) is 51.6 Å². The first-order chi connectivity index (χ1) is 58.5. The van der Waals surface area contributed by atoms with E-state index in [1.54, 1.807) is 73.4 Å². The van der Waals surface area contributed by atoms with E-state index in [2.05, 4.69) is 95.7 Å². The third-order valence-electron chi connectivity index (χ3n) is 18.3. The van der Waals surface area contributed by atoms with Crippen LogP contribution in [0.25, 0.3) is 89.7 Å². The molecule has 0 saturated carbocycles. The molecule has 0 spiro atoms. The molecule has 0 unspecified atom stereocenters. The van der Waals surface area contributed by atoms with Gasteiger partial charge in [-0.3, -0.25) is 24.0 Å². The van der Waals surface area contributed by atoms with Crippen LogP contribution in [0.5, 0.6) is 0 Å². The lowest BCUT2D eigenvalue weighted by molar-refractivity contribution is -0.141. The van der Waals surface area contributed by atoms with E-state index in [9.17, 15) is 81.0 Å². The van der Waals surface area contributed by atoms with E-state index in [1.165, 1.54) is 57.9 Å². The zero-order valence-corrected chi connectivity index (χ0v) is 67.0. The van der Waals surface area contributed by atoms with Gasteiger partial charge in [-0.15, -0.1) is 0 Å². The Morgan fingerprint density at radius 2 is 0.959 bits per heavy atom. The minimum atomic E-state index is -4.60. The Morgan fingerprint density at radius 1 is 0.520 bits per heavy atom. The van der Waals surface area contributed by atoms with Crippen LogP contribution in [0.15, 0.2) is 111 Å². The molecule has 4 atom stereocenters. The fraction of sp³-hybridized carbons (Fsp3) is 0.333. The van der Waals surface area contributed by atoms with Gasteiger partial charge >= 0.3 is 18.5 Å². The third kappa shape index (κ3) is 24.2. The zero-order valence-electron chi connectivity index (χ0n) is 64.0. The van der Waals surface area contributed by atoms with E-state index < -0.39 is 123 Å². The van der Waals surface area contributed by atoms with Crippen molar-refractivity contribution >= 4 is 143 Å². The SMILES string of the molecule is CCC[C@@H](Nc1ccnc(-c2c[nH]c3ncc(Cl)cc23)n1)C(=O)NCC(F)(F)F.CCC[C@@H](Nc1nc(-c2c[nH]c3ncc(Cl)cc23)ncc1F)C(=O)NCC(F)(F)F.N#CCC(=O)N1CCN(c2ccnc(-c3c[nH]c4ncc(Cl)cc34)n2)[C@@H](C(=O)NCC(F)(F)F)C1.O=C(NCC(F)F)[C@H]1CCCN1c1nc(-c2c[nH]c3ncc(Cl)cc23)ncc1F. The highest BCUT2D eigenvalue weighted by atomic mass is 35.5. The molecule has 5 amide bonds. The highest BCUT2D eigenvalue weighted by molar-refractivity contribution is 6.32. The Hall–Kier alpha value is -12.6. The summed E-state index contributed by atoms with van der Waals surface area (Å²) < 4.78 is 166. The molecule has 0 radical (unpaired) electrons. The number of aromatic nitrogens is 16. The maximum absolute atomic E-state index is 14.5. The summed E-state index contributed by atoms with van der Waals surface area (Å²) in [6.45, 7) is -1.09. The molecule has 2 saturated heterocycles. The van der Waals surface area contributed by atoms with Crippen LogP contribution in [0.4, 0.5) is 80.3 Å². The first-order valence-electron chi connectivity index (χ1n) is 37.1. The van der Waals surface area contributed by atoms with Crippen LogP contribution in [0.3, 0.4) is 0 Å². The number of pyridine rings is 4. The van der Waals surface area contributed by atoms with Gasteiger partial charge in [0.1, 0.15) is 84.4 Å². The molecule has 2 aliphatic heterocycles. The molecule has 0 aliphatic carbocycles. The highest BCUT2D eigenvalue weighted by Gasteiger charge is 2.39. The minimum absolute atomic E-state index is 0.0472. The Labute approximate surface area is 706 Å². The summed E-state index contributed by atoms with van der Waals surface area (Å²) in [6.07, 6.45) is 3.35. The number of H-pyrrole nitrogens is 4. The summed E-state index contributed by atoms with van der Waals surface area (Å²) in [4.78, 5) is 128. The maximum atomic E-state index is 14.5. The Morgan fingerprint density at radius 3 is 1.43 bits per heavy atom. The van der Waals surface area contributed by atoms with Gasteiger partial charge in [-0.2, -0.15) is 44.8 Å². The number of hydrogen-bond donors (Lipinski definition) is 10. The maximum Gasteiger partial charge on any atom is 0.405 e. The van der Waals surface area contributed by atoms with E-state index in [-0.39, 0.29) is 55.2 Å². The molecule has 12 aromatic rings. The molecule has 648 valence electrons. The highest BCUT2D eigenvalue weighted by Crippen LogP contribution is 2.36. The van der Waals surface area contributed by atoms with Crippen molar-refractivity contribution < 1.29 is 81.0 Å². The number of halogens is 17. The molecule has 0 bridgehead atoms. The van der Waals surface area contributed by atoms with Crippen molar-refractivity contribution in [2.75, 3.05) is 72.8 Å². The molecule has 12 aromatic heterocycles. The quantitative estimate of drug-likeness (QED) is 0.0251. The molecule has 0 aromatic carbocycles. The van der Waals surface area contributed by atoms with E-state index >= 15 is 0 Å². The minimum Gasteiger partial charge on any atom is -0.358 e. The standard InChI is InChI=1S/C21H18ClF3N8O2.C18H17ClF4N6O.C18H16ClF3N6O.C18H18ClF3N6O/c22-12-7-13-14(9-29-18(13)28-8-12)19-27-4-2-16(31-19)33-6-5-32(17(34)1-3-26)10-15(33)20(35)30-11-21(23,24)25;1-2-3-13(17(30)27-8-18(21,22)23)28-16-12(20)7-26-15(29-16)11-6-25-14-10(11)4-9(19)5-24-14;19-9-4-10-11(6-24-15(10)23-5-9)16-25-7-12(20)17(27-16)28-3-1-2-13(28)18(29)26-8-14(21)22;1-2-3-13(17(29)26-9-18(20,21)22)27-14-4-5-23-16(28-14)12-8-25-15-11(12)6-10(19)7-24-15/h2,4,7-9,15H,1,5-6,10-11H2,(H,28,29)(H,30,35);4-7,13H,2-3,8H2,1H3,(H,24,25)(H,27,30)(H,26,28,29);4-7,13-14H,1-3,8H2,(H,23,24)(H,26,29);4-8,13H,2-3,9H2,1H3,(H,24,25)(H,26,29)(H,23,27,28)/t15-;3*13-/m1111/s1. The lowest BCUT2D eigenvalue weighted by Crippen LogP contribution is -2.61. The second-order valence-electron chi connectivity index (χ2n) is 27.1. The van der Waals surface area contributed by atoms with Crippen LogP contribution < -0.4 is 41.7 Å². The Bertz CT molecular complexity index is 5820. The van der Waals surface area contributed by atoms with Gasteiger partial charge in [0.2, 0.25) is 29.5 Å². The molecule has 123 heavy (non-hydrogen) atoms. The van der Waals surface area contributed by atoms with Crippen molar-refractivity contribution in [1.29, 1.82) is 5.26 Å². The van der Waals surface area contributed by atoms with Crippen LogP contribution in [0.1, 0.15) is 58.8 Å². The predicted octanol–water partition coefficient (Wildman–Crippen LogP) is 13.4. The molecule has 2 aliphatic rings. The summed E-state index contributed by atoms with van der Waals surface area (Å²) in [5.74, 6) is -3.93. The first-order valence-corrected chi connectivity index (χ1v) is 38.6. The van der Waals surface area contributed by atoms with Crippen molar-refractivity contribution in [2.45, 2.75) is 108 Å². The third-order valence-corrected chi connectivity index (χ3v) is 19.2. The second kappa shape index (κ2) is 40.4. The molecule has 14 heterocycles. The molecule has 10 N–H and O–H groups in total. The number of nitriles is 1. The Balaban J connectivity index is 0.000000160. The fourth-order valence-electron chi connectivity index (χ4n) is 12.8. The van der Waals surface area contributed by atoms with Gasteiger partial charge in [-0.05, 0) is 62.1 Å². The number of amides is 5. The summed E-state index contributed by atoms with van der Waals surface area (Å²) >= 11 is 24.1. The number of alkyl halides is 11. The van der Waals surface area contributed by atoms with E-state index in [1.807, 2.05) is 17.6 Å². The topological polar surface area (TPSA) is 409 Å². The summed E-state index contributed by atoms with van der Waals surface area (Å²) in [7, 11) is 0. The van der Waals surface area contributed by atoms with Crippen LogP contribution in [0, 0.1) is 23.0 Å². The van der Waals surface area contributed by atoms with Crippen molar-refractivity contribution in [2.24, 2.45) is 0 Å². The van der Waals surface area contributed by atoms with E-state index in [4.69, 9.17) is 51.7 Å². The second-order valence-corrected chi connectivity index (χ2v) is 28.9. The predicted molar refractivity (Wildman–Crippen MR) is 428 cm³/mol. The number of hydrogen-bond acceptors (Lipinski definition) is 22. The van der Waals surface area contributed by atoms with Crippen molar-refractivity contribution in [3.63, 3.8) is 0 Å². The fourth-order valence-corrected chi connectivity index (χ4v) is 13.4. The van der Waals surface area contributed by atoms with Gasteiger partial charge in [-0.1, -0.05) is 73.1 Å². The van der Waals surface area contributed by atoms with E-state index in [0.717, 1.165) is 17.8 Å². The van der Waals surface area contributed by atoms with E-state index in [0.29, 0.717) is 137 Å². The van der Waals surface area contributed by atoms with Gasteiger partial charge < -0.3 is 66.5 Å². The molecule has 14 rings (SSSR count). The molecule has 2 fully saturated rings. The van der Waals surface area contributed by atoms with Crippen LogP contribution in [-0.4, -0.2) is 216 Å². The van der Waals surface area contributed by atoms with Gasteiger partial charge in [0.05, 0.1) is 51.6 Å². The number of carbonyl (C=O) groups is 5. The smallest absolute Gasteiger partial charge is 0.358 e. The van der Waals surface area contributed by atoms with Gasteiger partial charge in [0.25, 0.3) is 6.43 Å². The average molecular weight is 1800 g/mol. The Kier molecular flexibility index (Phi) is 29.9. The van der Waals surface area contributed by atoms with Gasteiger partial charge in [0.15, 0.2) is 46.6 Å². The molecular formula is C75H69Cl4F13N26O5. The van der Waals surface area contributed by atoms with Gasteiger partial charge in [0, 0.05) is 125 Å². The number of fused-ring (bicyclic) bond motifs is 4. The largest absolute Gasteiger partial charge is 0.405 e. The average Bonchev–Trinajstić information content (AvgIpc) is 0.908. The van der Waals surface area contributed by atoms with Crippen molar-refractivity contribution in [1.82, 2.24) is 106 Å². The monoisotopic (exact) mass is 1800 g/mol. The lowest BCUT2D eigenvalue weighted by atomic mass is 10.1. The molecule has 31 nitrogen and oxygen atoms in total. The summed E-state index contributed by atoms with van der Waals surface area (Å²) in [5.41, 5.74) is 4.60. The number of carbonyl (C=O) groups excluding carboxylic acids is 5. The number of nitrogens with one attached hydrogen (secondary N) is 10. The number of aromatic amines is 4. The first kappa shape index (κ1) is 91.1. The number of rotatable bonds is 24. The summed E-state index contributed by atoms with van der Waals surface area (Å²) in [6, 6.07) is 7.68. The zero-order chi connectivity index (χ0) is 88.6. The number of anilines is 4. The number of piperazine rings is 1. The normalized spacial score (nSPS) is 14.7. The van der Waals surface area contributed by atoms with Gasteiger partial charge in [-0.25, -0.2) is 77.4 Å².